The first-order valence-electron chi connectivity index (χ1n) is 6.60. The summed E-state index contributed by atoms with van der Waals surface area (Å²) in [5, 5.41) is 0.0867. The van der Waals surface area contributed by atoms with Crippen LogP contribution in [0.25, 0.3) is 0 Å². The van der Waals surface area contributed by atoms with E-state index >= 15 is 0 Å². The zero-order valence-corrected chi connectivity index (χ0v) is 12.0. The van der Waals surface area contributed by atoms with Crippen LogP contribution in [-0.2, 0) is 9.31 Å². The van der Waals surface area contributed by atoms with Gasteiger partial charge in [-0.3, -0.25) is 0 Å². The van der Waals surface area contributed by atoms with E-state index in [-0.39, 0.29) is 23.6 Å². The Morgan fingerprint density at radius 2 is 1.31 bits per heavy atom. The summed E-state index contributed by atoms with van der Waals surface area (Å²) < 4.78 is 12.5. The van der Waals surface area contributed by atoms with E-state index in [4.69, 9.17) is 9.31 Å². The van der Waals surface area contributed by atoms with E-state index in [1.165, 1.54) is 0 Å². The fourth-order valence-corrected chi connectivity index (χ4v) is 2.15. The lowest BCUT2D eigenvalue weighted by molar-refractivity contribution is -0.0281. The van der Waals surface area contributed by atoms with Crippen LogP contribution >= 0.6 is 0 Å². The minimum atomic E-state index is -0.154. The lowest BCUT2D eigenvalue weighted by Crippen LogP contribution is -2.46. The highest BCUT2D eigenvalue weighted by Gasteiger charge is 2.58. The Labute approximate surface area is 101 Å². The lowest BCUT2D eigenvalue weighted by atomic mass is 9.58. The largest absolute Gasteiger partial charge is 0.463 e. The number of hydrogen-bond acceptors (Lipinski definition) is 2. The molecule has 3 heteroatoms. The van der Waals surface area contributed by atoms with E-state index in [1.54, 1.807) is 0 Å². The van der Waals surface area contributed by atoms with Crippen LogP contribution in [0.2, 0.25) is 5.31 Å². The quantitative estimate of drug-likeness (QED) is 0.673. The molecule has 0 saturated carbocycles. The smallest absolute Gasteiger partial charge is 0.403 e. The molecule has 0 bridgehead atoms. The zero-order chi connectivity index (χ0) is 12.6. The van der Waals surface area contributed by atoms with Crippen LogP contribution in [0.1, 0.15) is 67.7 Å². The van der Waals surface area contributed by atoms with Gasteiger partial charge in [0.1, 0.15) is 0 Å². The molecule has 0 aliphatic carbocycles. The van der Waals surface area contributed by atoms with Gasteiger partial charge in [-0.15, -0.1) is 0 Å². The maximum absolute atomic E-state index is 6.24. The average molecular weight is 226 g/mol. The van der Waals surface area contributed by atoms with E-state index < -0.39 is 0 Å². The predicted octanol–water partition coefficient (Wildman–Crippen LogP) is 4.05. The van der Waals surface area contributed by atoms with Crippen molar-refractivity contribution in [3.8, 4) is 0 Å². The summed E-state index contributed by atoms with van der Waals surface area (Å²) >= 11 is 0. The predicted molar refractivity (Wildman–Crippen MR) is 69.6 cm³/mol. The second kappa shape index (κ2) is 4.34. The lowest BCUT2D eigenvalue weighted by Gasteiger charge is -2.38. The van der Waals surface area contributed by atoms with Gasteiger partial charge in [-0.1, -0.05) is 41.0 Å². The average Bonchev–Trinajstić information content (AvgIpc) is 2.54. The normalized spacial score (nSPS) is 35.8. The Balaban J connectivity index is 2.94. The summed E-state index contributed by atoms with van der Waals surface area (Å²) in [5.41, 5.74) is -0.308. The van der Waals surface area contributed by atoms with Crippen molar-refractivity contribution in [1.29, 1.82) is 0 Å². The Kier molecular flexibility index (Phi) is 3.81. The molecule has 1 aliphatic rings. The van der Waals surface area contributed by atoms with Gasteiger partial charge in [-0.25, -0.2) is 0 Å². The van der Waals surface area contributed by atoms with Crippen molar-refractivity contribution in [2.75, 3.05) is 0 Å². The molecule has 2 unspecified atom stereocenters. The topological polar surface area (TPSA) is 18.5 Å². The maximum atomic E-state index is 6.24. The third-order valence-corrected chi connectivity index (χ3v) is 4.75. The summed E-state index contributed by atoms with van der Waals surface area (Å²) in [6.45, 7) is 15.4. The van der Waals surface area contributed by atoms with Gasteiger partial charge in [0.2, 0.25) is 0 Å². The van der Waals surface area contributed by atoms with Crippen molar-refractivity contribution in [2.24, 2.45) is 0 Å². The Hall–Kier alpha value is -0.0151. The van der Waals surface area contributed by atoms with Crippen LogP contribution in [0, 0.1) is 0 Å². The molecule has 1 fully saturated rings. The Morgan fingerprint density at radius 1 is 0.938 bits per heavy atom. The van der Waals surface area contributed by atoms with Gasteiger partial charge < -0.3 is 9.31 Å². The van der Waals surface area contributed by atoms with Crippen LogP contribution in [0.3, 0.4) is 0 Å². The van der Waals surface area contributed by atoms with Gasteiger partial charge in [0.05, 0.1) is 11.2 Å². The van der Waals surface area contributed by atoms with Crippen molar-refractivity contribution in [3.05, 3.63) is 0 Å². The first kappa shape index (κ1) is 14.0. The molecule has 1 rings (SSSR count). The molecular weight excluding hydrogens is 199 g/mol. The van der Waals surface area contributed by atoms with Crippen molar-refractivity contribution in [1.82, 2.24) is 0 Å². The van der Waals surface area contributed by atoms with Crippen LogP contribution in [-0.4, -0.2) is 18.3 Å². The van der Waals surface area contributed by atoms with Crippen LogP contribution in [0.5, 0.6) is 0 Å². The van der Waals surface area contributed by atoms with Crippen molar-refractivity contribution >= 4 is 7.12 Å². The van der Waals surface area contributed by atoms with Gasteiger partial charge in [0, 0.05) is 0 Å². The van der Waals surface area contributed by atoms with Gasteiger partial charge >= 0.3 is 7.12 Å². The molecule has 16 heavy (non-hydrogen) atoms. The minimum absolute atomic E-state index is 0.0765. The molecule has 2 atom stereocenters. The third-order valence-electron chi connectivity index (χ3n) is 4.75. The van der Waals surface area contributed by atoms with E-state index in [0.29, 0.717) is 0 Å². The van der Waals surface area contributed by atoms with Gasteiger partial charge in [-0.2, -0.15) is 0 Å². The highest BCUT2D eigenvalue weighted by Crippen LogP contribution is 2.48. The fraction of sp³-hybridized carbons (Fsp3) is 1.00. The van der Waals surface area contributed by atoms with Crippen molar-refractivity contribution < 1.29 is 9.31 Å². The summed E-state index contributed by atoms with van der Waals surface area (Å²) in [6, 6.07) is 0. The van der Waals surface area contributed by atoms with Crippen molar-refractivity contribution in [3.63, 3.8) is 0 Å². The molecule has 1 heterocycles. The van der Waals surface area contributed by atoms with Crippen molar-refractivity contribution in [2.45, 2.75) is 84.2 Å². The Bertz CT molecular complexity index is 236. The second-order valence-electron chi connectivity index (χ2n) is 6.08. The van der Waals surface area contributed by atoms with Gasteiger partial charge in [-0.05, 0) is 32.0 Å². The zero-order valence-electron chi connectivity index (χ0n) is 12.0. The van der Waals surface area contributed by atoms with E-state index in [0.717, 1.165) is 19.3 Å². The minimum Gasteiger partial charge on any atom is -0.403 e. The summed E-state index contributed by atoms with van der Waals surface area (Å²) in [7, 11) is -0.0765. The fourth-order valence-electron chi connectivity index (χ4n) is 2.15. The van der Waals surface area contributed by atoms with Crippen LogP contribution in [0.15, 0.2) is 0 Å². The molecule has 2 nitrogen and oxygen atoms in total. The summed E-state index contributed by atoms with van der Waals surface area (Å²) in [4.78, 5) is 0. The first-order valence-corrected chi connectivity index (χ1v) is 6.60. The molecule has 0 radical (unpaired) electrons. The van der Waals surface area contributed by atoms with E-state index in [2.05, 4.69) is 48.5 Å². The molecule has 0 N–H and O–H groups in total. The molecular formula is C13H27BO2. The molecule has 0 spiro atoms. The first-order chi connectivity index (χ1) is 7.24. The highest BCUT2D eigenvalue weighted by atomic mass is 16.7. The van der Waals surface area contributed by atoms with E-state index in [1.807, 2.05) is 0 Å². The maximum Gasteiger partial charge on any atom is 0.463 e. The molecule has 0 aromatic carbocycles. The molecule has 1 aliphatic heterocycles. The monoisotopic (exact) mass is 226 g/mol. The molecule has 0 aromatic heterocycles. The van der Waals surface area contributed by atoms with E-state index in [9.17, 15) is 0 Å². The third kappa shape index (κ3) is 2.04. The molecule has 0 aromatic rings. The van der Waals surface area contributed by atoms with Crippen LogP contribution < -0.4 is 0 Å². The van der Waals surface area contributed by atoms with Gasteiger partial charge in [0.25, 0.3) is 0 Å². The SMILES string of the molecule is CCC(C)(C)B1OC(C)(CC)C(C)(CC)O1. The molecule has 1 saturated heterocycles. The number of hydrogen-bond donors (Lipinski definition) is 0. The number of rotatable bonds is 4. The summed E-state index contributed by atoms with van der Waals surface area (Å²) in [6.07, 6.45) is 3.05. The molecule has 0 amide bonds. The highest BCUT2D eigenvalue weighted by molar-refractivity contribution is 6.49. The second-order valence-corrected chi connectivity index (χ2v) is 6.08. The van der Waals surface area contributed by atoms with Gasteiger partial charge in [0.15, 0.2) is 0 Å². The Morgan fingerprint density at radius 3 is 1.56 bits per heavy atom. The molecule has 94 valence electrons. The van der Waals surface area contributed by atoms with Crippen LogP contribution in [0.4, 0.5) is 0 Å². The summed E-state index contributed by atoms with van der Waals surface area (Å²) in [5.74, 6) is 0. The standard InChI is InChI=1S/C13H27BO2/c1-8-11(4,5)14-15-12(6,9-2)13(7,10-3)16-14/h8-10H2,1-7H3.